The Morgan fingerprint density at radius 3 is 2.61 bits per heavy atom. The normalized spacial score (nSPS) is 10.3. The minimum absolute atomic E-state index is 0.332. The van der Waals surface area contributed by atoms with E-state index in [1.807, 2.05) is 6.08 Å². The molecule has 2 heteroatoms. The molecule has 0 heterocycles. The number of ether oxygens (including phenoxy) is 1. The van der Waals surface area contributed by atoms with Crippen molar-refractivity contribution >= 4 is 0 Å². The van der Waals surface area contributed by atoms with Crippen molar-refractivity contribution in [1.82, 2.24) is 0 Å². The Labute approximate surface area is 110 Å². The highest BCUT2D eigenvalue weighted by molar-refractivity contribution is 5.22. The standard InChI is InChI=1S/C16H22FO/c1-2-3-4-5-6-7-8-11-14-18-16-13-10-9-12-15(16)17/h2,10,12-13H,1,3-8,11,14H2. The quantitative estimate of drug-likeness (QED) is 0.422. The smallest absolute Gasteiger partial charge is 0.165 e. The van der Waals surface area contributed by atoms with Crippen molar-refractivity contribution in [3.63, 3.8) is 0 Å². The molecule has 0 aliphatic heterocycles. The van der Waals surface area contributed by atoms with Crippen molar-refractivity contribution < 1.29 is 9.13 Å². The van der Waals surface area contributed by atoms with Crippen LogP contribution in [-0.4, -0.2) is 6.61 Å². The van der Waals surface area contributed by atoms with Crippen molar-refractivity contribution in [2.45, 2.75) is 44.9 Å². The van der Waals surface area contributed by atoms with E-state index in [1.165, 1.54) is 31.7 Å². The number of unbranched alkanes of at least 4 members (excludes halogenated alkanes) is 6. The summed E-state index contributed by atoms with van der Waals surface area (Å²) in [5.74, 6) is 0.00154. The third-order valence-corrected chi connectivity index (χ3v) is 2.84. The van der Waals surface area contributed by atoms with Crippen LogP contribution in [0.3, 0.4) is 0 Å². The lowest BCUT2D eigenvalue weighted by molar-refractivity contribution is 0.290. The average Bonchev–Trinajstić information content (AvgIpc) is 2.39. The summed E-state index contributed by atoms with van der Waals surface area (Å²) in [6.45, 7) is 4.30. The summed E-state index contributed by atoms with van der Waals surface area (Å²) in [5, 5.41) is 0. The van der Waals surface area contributed by atoms with Crippen LogP contribution < -0.4 is 4.74 Å². The molecule has 0 unspecified atom stereocenters. The molecule has 1 nitrogen and oxygen atoms in total. The second-order valence-corrected chi connectivity index (χ2v) is 4.40. The molecule has 1 aromatic carbocycles. The highest BCUT2D eigenvalue weighted by Crippen LogP contribution is 2.15. The number of rotatable bonds is 10. The van der Waals surface area contributed by atoms with E-state index < -0.39 is 0 Å². The van der Waals surface area contributed by atoms with Gasteiger partial charge in [-0.1, -0.05) is 37.8 Å². The van der Waals surface area contributed by atoms with Gasteiger partial charge in [0.15, 0.2) is 11.6 Å². The van der Waals surface area contributed by atoms with E-state index in [-0.39, 0.29) is 5.82 Å². The zero-order valence-corrected chi connectivity index (χ0v) is 11.0. The first-order valence-electron chi connectivity index (χ1n) is 6.74. The van der Waals surface area contributed by atoms with Gasteiger partial charge in [-0.2, -0.15) is 0 Å². The summed E-state index contributed by atoms with van der Waals surface area (Å²) >= 11 is 0. The van der Waals surface area contributed by atoms with Crippen LogP contribution in [0.1, 0.15) is 44.9 Å². The van der Waals surface area contributed by atoms with Crippen LogP contribution >= 0.6 is 0 Å². The van der Waals surface area contributed by atoms with Gasteiger partial charge in [0.05, 0.1) is 6.61 Å². The Kier molecular flexibility index (Phi) is 7.94. The van der Waals surface area contributed by atoms with Gasteiger partial charge in [0.2, 0.25) is 0 Å². The van der Waals surface area contributed by atoms with Gasteiger partial charge in [0, 0.05) is 0 Å². The highest BCUT2D eigenvalue weighted by atomic mass is 19.1. The van der Waals surface area contributed by atoms with Gasteiger partial charge in [0.25, 0.3) is 0 Å². The maximum atomic E-state index is 13.2. The van der Waals surface area contributed by atoms with E-state index in [4.69, 9.17) is 4.74 Å². The van der Waals surface area contributed by atoms with Crippen molar-refractivity contribution in [3.8, 4) is 5.75 Å². The molecule has 0 fully saturated rings. The number of hydrogen-bond acceptors (Lipinski definition) is 1. The van der Waals surface area contributed by atoms with Crippen LogP contribution in [0.5, 0.6) is 5.75 Å². The minimum Gasteiger partial charge on any atom is -0.491 e. The highest BCUT2D eigenvalue weighted by Gasteiger charge is 2.00. The number of halogens is 1. The van der Waals surface area contributed by atoms with Gasteiger partial charge in [0.1, 0.15) is 0 Å². The number of benzene rings is 1. The Hall–Kier alpha value is -1.31. The van der Waals surface area contributed by atoms with Gasteiger partial charge in [-0.15, -0.1) is 6.58 Å². The molecule has 18 heavy (non-hydrogen) atoms. The van der Waals surface area contributed by atoms with Crippen LogP contribution in [0.4, 0.5) is 4.39 Å². The molecule has 0 aliphatic carbocycles. The zero-order chi connectivity index (χ0) is 13.1. The summed E-state index contributed by atoms with van der Waals surface area (Å²) in [7, 11) is 0. The fourth-order valence-corrected chi connectivity index (χ4v) is 1.79. The van der Waals surface area contributed by atoms with Gasteiger partial charge >= 0.3 is 0 Å². The maximum absolute atomic E-state index is 13.2. The summed E-state index contributed by atoms with van der Waals surface area (Å²) in [4.78, 5) is 0. The maximum Gasteiger partial charge on any atom is 0.165 e. The van der Waals surface area contributed by atoms with Gasteiger partial charge in [-0.25, -0.2) is 4.39 Å². The molecule has 0 bridgehead atoms. The minimum atomic E-state index is -0.332. The molecule has 1 aromatic rings. The third-order valence-electron chi connectivity index (χ3n) is 2.84. The molecule has 0 saturated carbocycles. The number of allylic oxidation sites excluding steroid dienone is 1. The molecule has 0 amide bonds. The van der Waals surface area contributed by atoms with E-state index in [0.717, 1.165) is 19.3 Å². The van der Waals surface area contributed by atoms with Gasteiger partial charge < -0.3 is 4.74 Å². The molecule has 0 aliphatic rings. The lowest BCUT2D eigenvalue weighted by atomic mass is 10.1. The Balaban J connectivity index is 1.96. The fourth-order valence-electron chi connectivity index (χ4n) is 1.79. The Bertz CT molecular complexity index is 336. The largest absolute Gasteiger partial charge is 0.491 e. The molecule has 99 valence electrons. The summed E-state index contributed by atoms with van der Waals surface area (Å²) in [5.41, 5.74) is 0. The lowest BCUT2D eigenvalue weighted by Crippen LogP contribution is -1.99. The molecule has 0 N–H and O–H groups in total. The molecule has 0 aromatic heterocycles. The van der Waals surface area contributed by atoms with E-state index >= 15 is 0 Å². The van der Waals surface area contributed by atoms with Crippen LogP contribution in [0.2, 0.25) is 0 Å². The van der Waals surface area contributed by atoms with Crippen molar-refractivity contribution in [2.75, 3.05) is 6.61 Å². The van der Waals surface area contributed by atoms with Gasteiger partial charge in [-0.3, -0.25) is 0 Å². The fraction of sp³-hybridized carbons (Fsp3) is 0.500. The molecular formula is C16H22FO. The van der Waals surface area contributed by atoms with Crippen molar-refractivity contribution in [1.29, 1.82) is 0 Å². The van der Waals surface area contributed by atoms with Crippen LogP contribution in [0, 0.1) is 11.9 Å². The molecule has 0 atom stereocenters. The molecule has 0 saturated heterocycles. The van der Waals surface area contributed by atoms with Crippen LogP contribution in [-0.2, 0) is 0 Å². The molecule has 0 spiro atoms. The zero-order valence-electron chi connectivity index (χ0n) is 11.0. The van der Waals surface area contributed by atoms with E-state index in [9.17, 15) is 4.39 Å². The van der Waals surface area contributed by atoms with Crippen molar-refractivity contribution in [2.24, 2.45) is 0 Å². The van der Waals surface area contributed by atoms with E-state index in [0.29, 0.717) is 12.4 Å². The predicted molar refractivity (Wildman–Crippen MR) is 73.2 cm³/mol. The van der Waals surface area contributed by atoms with Crippen LogP contribution in [0.15, 0.2) is 30.9 Å². The SMILES string of the molecule is C=CCCCCCCCCOc1cc[c]cc1F. The van der Waals surface area contributed by atoms with Gasteiger partial charge in [-0.05, 0) is 37.5 Å². The number of hydrogen-bond donors (Lipinski definition) is 0. The van der Waals surface area contributed by atoms with E-state index in [2.05, 4.69) is 12.6 Å². The molecular weight excluding hydrogens is 227 g/mol. The lowest BCUT2D eigenvalue weighted by Gasteiger charge is -2.06. The summed E-state index contributed by atoms with van der Waals surface area (Å²) in [6, 6.07) is 7.26. The van der Waals surface area contributed by atoms with E-state index in [1.54, 1.807) is 12.1 Å². The monoisotopic (exact) mass is 249 g/mol. The van der Waals surface area contributed by atoms with Crippen LogP contribution in [0.25, 0.3) is 0 Å². The topological polar surface area (TPSA) is 9.23 Å². The summed E-state index contributed by atoms with van der Waals surface area (Å²) in [6.07, 6.45) is 10.2. The molecule has 1 radical (unpaired) electrons. The Morgan fingerprint density at radius 2 is 1.89 bits per heavy atom. The Morgan fingerprint density at radius 1 is 1.17 bits per heavy atom. The first-order chi connectivity index (χ1) is 8.84. The molecule has 1 rings (SSSR count). The predicted octanol–water partition coefficient (Wildman–Crippen LogP) is 4.92. The first kappa shape index (κ1) is 14.7. The third kappa shape index (κ3) is 6.43. The second kappa shape index (κ2) is 9.69. The summed E-state index contributed by atoms with van der Waals surface area (Å²) < 4.78 is 18.5. The first-order valence-corrected chi connectivity index (χ1v) is 6.74. The average molecular weight is 249 g/mol. The second-order valence-electron chi connectivity index (χ2n) is 4.40. The van der Waals surface area contributed by atoms with Crippen molar-refractivity contribution in [3.05, 3.63) is 42.7 Å².